The number of sulfone groups is 1. The van der Waals surface area contributed by atoms with Crippen molar-refractivity contribution in [3.63, 3.8) is 0 Å². The maximum atomic E-state index is 13.0. The molecule has 1 heterocycles. The largest absolute Gasteiger partial charge is 0.384 e. The molecule has 1 amide bonds. The van der Waals surface area contributed by atoms with Crippen molar-refractivity contribution in [3.05, 3.63) is 30.1 Å². The first-order chi connectivity index (χ1) is 12.3. The van der Waals surface area contributed by atoms with Gasteiger partial charge in [0.15, 0.2) is 9.84 Å². The molecule has 1 fully saturated rings. The topological polar surface area (TPSA) is 84.5 Å². The Morgan fingerprint density at radius 2 is 1.92 bits per heavy atom. The Labute approximate surface area is 154 Å². The van der Waals surface area contributed by atoms with Crippen LogP contribution in [-0.4, -0.2) is 53.4 Å². The van der Waals surface area contributed by atoms with Crippen molar-refractivity contribution in [1.82, 2.24) is 10.6 Å². The minimum Gasteiger partial charge on any atom is -0.384 e. The molecule has 0 bridgehead atoms. The van der Waals surface area contributed by atoms with Gasteiger partial charge in [-0.3, -0.25) is 4.79 Å². The van der Waals surface area contributed by atoms with E-state index in [0.29, 0.717) is 13.2 Å². The number of benzene rings is 1. The molecule has 1 saturated heterocycles. The fourth-order valence-corrected chi connectivity index (χ4v) is 4.78. The van der Waals surface area contributed by atoms with Crippen molar-refractivity contribution < 1.29 is 22.3 Å². The number of hydrogen-bond donors (Lipinski definition) is 2. The monoisotopic (exact) mass is 386 g/mol. The molecule has 0 saturated carbocycles. The lowest BCUT2D eigenvalue weighted by atomic mass is 9.79. The molecule has 26 heavy (non-hydrogen) atoms. The zero-order valence-corrected chi connectivity index (χ0v) is 16.1. The van der Waals surface area contributed by atoms with Gasteiger partial charge >= 0.3 is 0 Å². The van der Waals surface area contributed by atoms with Gasteiger partial charge < -0.3 is 15.4 Å². The predicted octanol–water partition coefficient (Wildman–Crippen LogP) is 1.37. The molecule has 146 valence electrons. The van der Waals surface area contributed by atoms with Crippen LogP contribution < -0.4 is 10.6 Å². The minimum atomic E-state index is -3.65. The number of carbonyl (C=O) groups excluding carboxylic acids is 1. The molecule has 1 aromatic carbocycles. The van der Waals surface area contributed by atoms with Gasteiger partial charge in [-0.2, -0.15) is 0 Å². The van der Waals surface area contributed by atoms with Gasteiger partial charge in [0.1, 0.15) is 5.82 Å². The Bertz CT molecular complexity index is 695. The van der Waals surface area contributed by atoms with Crippen molar-refractivity contribution in [2.75, 3.05) is 39.1 Å². The van der Waals surface area contributed by atoms with Crippen molar-refractivity contribution in [3.8, 4) is 0 Å². The number of carbonyl (C=O) groups is 1. The fourth-order valence-electron chi connectivity index (χ4n) is 3.23. The third-order valence-electron chi connectivity index (χ3n) is 4.84. The number of nitrogens with one attached hydrogen (secondary N) is 2. The summed E-state index contributed by atoms with van der Waals surface area (Å²) in [4.78, 5) is 12.4. The predicted molar refractivity (Wildman–Crippen MR) is 97.0 cm³/mol. The number of methoxy groups -OCH3 is 1. The maximum Gasteiger partial charge on any atom is 0.223 e. The smallest absolute Gasteiger partial charge is 0.223 e. The first-order valence-corrected chi connectivity index (χ1v) is 10.4. The zero-order chi connectivity index (χ0) is 19.2. The van der Waals surface area contributed by atoms with Crippen molar-refractivity contribution in [2.45, 2.75) is 24.7 Å². The van der Waals surface area contributed by atoms with Gasteiger partial charge in [0.05, 0.1) is 17.3 Å². The van der Waals surface area contributed by atoms with Gasteiger partial charge in [-0.15, -0.1) is 0 Å². The fraction of sp³-hybridized carbons (Fsp3) is 0.611. The summed E-state index contributed by atoms with van der Waals surface area (Å²) < 4.78 is 43.1. The molecule has 8 heteroatoms. The molecule has 6 nitrogen and oxygen atoms in total. The molecule has 2 N–H and O–H groups in total. The maximum absolute atomic E-state index is 13.0. The summed E-state index contributed by atoms with van der Waals surface area (Å²) in [7, 11) is -2.01. The van der Waals surface area contributed by atoms with Crippen LogP contribution in [0.1, 0.15) is 19.8 Å². The van der Waals surface area contributed by atoms with E-state index in [-0.39, 0.29) is 22.0 Å². The summed E-state index contributed by atoms with van der Waals surface area (Å²) in [6, 6.07) is 4.64. The normalized spacial score (nSPS) is 18.3. The SMILES string of the molecule is COCC1(CNC(=O)C(C)CS(=O)(=O)c2ccc(F)cc2)CCNCC1. The van der Waals surface area contributed by atoms with E-state index in [2.05, 4.69) is 10.6 Å². The lowest BCUT2D eigenvalue weighted by molar-refractivity contribution is -0.124. The van der Waals surface area contributed by atoms with E-state index in [9.17, 15) is 17.6 Å². The number of piperidine rings is 1. The van der Waals surface area contributed by atoms with Crippen LogP contribution in [0.4, 0.5) is 4.39 Å². The Morgan fingerprint density at radius 3 is 2.50 bits per heavy atom. The van der Waals surface area contributed by atoms with Gasteiger partial charge in [-0.1, -0.05) is 6.92 Å². The van der Waals surface area contributed by atoms with E-state index < -0.39 is 21.6 Å². The third-order valence-corrected chi connectivity index (χ3v) is 6.77. The van der Waals surface area contributed by atoms with E-state index in [0.717, 1.165) is 38.1 Å². The number of rotatable bonds is 8. The standard InChI is InChI=1S/C18H27FN2O4S/c1-14(11-26(23,24)16-5-3-15(19)4-6-16)17(22)21-12-18(13-25-2)7-9-20-10-8-18/h3-6,14,20H,7-13H2,1-2H3,(H,21,22). The second-order valence-corrected chi connectivity index (χ2v) is 9.07. The molecule has 0 spiro atoms. The van der Waals surface area contributed by atoms with Crippen LogP contribution in [0, 0.1) is 17.2 Å². The van der Waals surface area contributed by atoms with Crippen LogP contribution >= 0.6 is 0 Å². The first-order valence-electron chi connectivity index (χ1n) is 8.74. The van der Waals surface area contributed by atoms with Crippen molar-refractivity contribution in [1.29, 1.82) is 0 Å². The molecule has 1 unspecified atom stereocenters. The molecular weight excluding hydrogens is 359 g/mol. The highest BCUT2D eigenvalue weighted by Crippen LogP contribution is 2.28. The number of halogens is 1. The summed E-state index contributed by atoms with van der Waals surface area (Å²) in [6.07, 6.45) is 1.78. The van der Waals surface area contributed by atoms with Crippen LogP contribution in [0.3, 0.4) is 0 Å². The summed E-state index contributed by atoms with van der Waals surface area (Å²) in [6.45, 7) is 4.34. The molecule has 0 aromatic heterocycles. The van der Waals surface area contributed by atoms with Gasteiger partial charge in [0.2, 0.25) is 5.91 Å². The Balaban J connectivity index is 1.95. The number of amides is 1. The molecule has 1 aliphatic rings. The number of ether oxygens (including phenoxy) is 1. The van der Waals surface area contributed by atoms with Crippen LogP contribution in [0.15, 0.2) is 29.2 Å². The van der Waals surface area contributed by atoms with E-state index in [1.54, 1.807) is 14.0 Å². The molecule has 0 radical (unpaired) electrons. The number of hydrogen-bond acceptors (Lipinski definition) is 5. The zero-order valence-electron chi connectivity index (χ0n) is 15.3. The molecule has 0 aliphatic carbocycles. The highest BCUT2D eigenvalue weighted by Gasteiger charge is 2.33. The third kappa shape index (κ3) is 5.49. The van der Waals surface area contributed by atoms with E-state index in [1.165, 1.54) is 12.1 Å². The quantitative estimate of drug-likeness (QED) is 0.659. The molecule has 1 aromatic rings. The summed E-state index contributed by atoms with van der Waals surface area (Å²) in [5.41, 5.74) is -0.120. The molecule has 1 atom stereocenters. The van der Waals surface area contributed by atoms with E-state index in [1.807, 2.05) is 0 Å². The van der Waals surface area contributed by atoms with E-state index in [4.69, 9.17) is 4.74 Å². The van der Waals surface area contributed by atoms with Crippen molar-refractivity contribution in [2.24, 2.45) is 11.3 Å². The van der Waals surface area contributed by atoms with Gasteiger partial charge in [-0.05, 0) is 50.2 Å². The van der Waals surface area contributed by atoms with Gasteiger partial charge in [0.25, 0.3) is 0 Å². The molecule has 2 rings (SSSR count). The summed E-state index contributed by atoms with van der Waals surface area (Å²) >= 11 is 0. The highest BCUT2D eigenvalue weighted by atomic mass is 32.2. The summed E-state index contributed by atoms with van der Waals surface area (Å²) in [5, 5.41) is 6.18. The highest BCUT2D eigenvalue weighted by molar-refractivity contribution is 7.91. The Kier molecular flexibility index (Phi) is 7.14. The average Bonchev–Trinajstić information content (AvgIpc) is 2.61. The Hall–Kier alpha value is -1.51. The lowest BCUT2D eigenvalue weighted by Crippen LogP contribution is -2.48. The van der Waals surface area contributed by atoms with Gasteiger partial charge in [0, 0.05) is 25.0 Å². The van der Waals surface area contributed by atoms with Crippen LogP contribution in [0.5, 0.6) is 0 Å². The summed E-state index contributed by atoms with van der Waals surface area (Å²) in [5.74, 6) is -1.82. The second-order valence-electron chi connectivity index (χ2n) is 7.04. The second kappa shape index (κ2) is 8.92. The van der Waals surface area contributed by atoms with Gasteiger partial charge in [-0.25, -0.2) is 12.8 Å². The molecular formula is C18H27FN2O4S. The van der Waals surface area contributed by atoms with Crippen molar-refractivity contribution >= 4 is 15.7 Å². The minimum absolute atomic E-state index is 0.0211. The molecule has 1 aliphatic heterocycles. The van der Waals surface area contributed by atoms with Crippen LogP contribution in [-0.2, 0) is 19.4 Å². The van der Waals surface area contributed by atoms with Crippen LogP contribution in [0.25, 0.3) is 0 Å². The lowest BCUT2D eigenvalue weighted by Gasteiger charge is -2.37. The first kappa shape index (κ1) is 20.8. The Morgan fingerprint density at radius 1 is 1.31 bits per heavy atom. The van der Waals surface area contributed by atoms with E-state index >= 15 is 0 Å². The van der Waals surface area contributed by atoms with Crippen LogP contribution in [0.2, 0.25) is 0 Å². The average molecular weight is 386 g/mol.